The summed E-state index contributed by atoms with van der Waals surface area (Å²) >= 11 is 0. The largest absolute Gasteiger partial charge is 0.399 e. The van der Waals surface area contributed by atoms with Crippen LogP contribution >= 0.6 is 0 Å². The lowest BCUT2D eigenvalue weighted by Crippen LogP contribution is -2.24. The lowest BCUT2D eigenvalue weighted by molar-refractivity contribution is -0.0909. The summed E-state index contributed by atoms with van der Waals surface area (Å²) in [6.07, 6.45) is 0. The van der Waals surface area contributed by atoms with Crippen molar-refractivity contribution in [2.24, 2.45) is 0 Å². The highest BCUT2D eigenvalue weighted by Gasteiger charge is 2.18. The van der Waals surface area contributed by atoms with Gasteiger partial charge in [-0.2, -0.15) is 0 Å². The molecule has 0 heterocycles. The van der Waals surface area contributed by atoms with E-state index in [2.05, 4.69) is 0 Å². The third-order valence-corrected chi connectivity index (χ3v) is 1.83. The maximum absolute atomic E-state index is 9.20. The summed E-state index contributed by atoms with van der Waals surface area (Å²) in [7, 11) is 1.30. The average molecular weight is 165 g/mol. The van der Waals surface area contributed by atoms with Gasteiger partial charge in [0.1, 0.15) is 5.69 Å². The summed E-state index contributed by atoms with van der Waals surface area (Å²) in [6.45, 7) is 1.87. The van der Waals surface area contributed by atoms with Crippen molar-refractivity contribution in [2.45, 2.75) is 12.6 Å². The fourth-order valence-corrected chi connectivity index (χ4v) is 0.935. The van der Waals surface area contributed by atoms with Crippen LogP contribution in [0.4, 0.5) is 5.69 Å². The van der Waals surface area contributed by atoms with Crippen molar-refractivity contribution < 1.29 is 10.2 Å². The molecule has 4 heteroatoms. The van der Waals surface area contributed by atoms with Crippen molar-refractivity contribution in [2.75, 3.05) is 5.73 Å². The van der Waals surface area contributed by atoms with Crippen molar-refractivity contribution >= 4 is 13.5 Å². The van der Waals surface area contributed by atoms with Gasteiger partial charge in [0.25, 0.3) is 0 Å². The molecule has 0 saturated carbocycles. The molecule has 0 fully saturated rings. The standard InChI is InChI=1S/C8H12BNO2/c1-5-2-3-6(4-7(5)10)8(9,11)12/h2-4,11-12H,9-10H2,1H3. The molecular weight excluding hydrogens is 153 g/mol. The van der Waals surface area contributed by atoms with Crippen LogP contribution in [0.2, 0.25) is 0 Å². The predicted molar refractivity (Wildman–Crippen MR) is 50.3 cm³/mol. The molecule has 1 aromatic rings. The molecule has 4 N–H and O–H groups in total. The highest BCUT2D eigenvalue weighted by atomic mass is 16.5. The van der Waals surface area contributed by atoms with Crippen LogP contribution in [0.3, 0.4) is 0 Å². The summed E-state index contributed by atoms with van der Waals surface area (Å²) in [5, 5.41) is 18.4. The van der Waals surface area contributed by atoms with E-state index in [0.29, 0.717) is 11.3 Å². The number of hydrogen-bond donors (Lipinski definition) is 3. The first-order chi connectivity index (χ1) is 5.41. The number of benzene rings is 1. The van der Waals surface area contributed by atoms with Gasteiger partial charge in [-0.25, -0.2) is 0 Å². The fraction of sp³-hybridized carbons (Fsp3) is 0.250. The highest BCUT2D eigenvalue weighted by Crippen LogP contribution is 2.19. The van der Waals surface area contributed by atoms with Crippen molar-refractivity contribution in [3.63, 3.8) is 0 Å². The minimum atomic E-state index is -1.80. The quantitative estimate of drug-likeness (QED) is 0.293. The van der Waals surface area contributed by atoms with Crippen molar-refractivity contribution in [3.8, 4) is 0 Å². The lowest BCUT2D eigenvalue weighted by Gasteiger charge is -2.17. The van der Waals surface area contributed by atoms with E-state index in [9.17, 15) is 10.2 Å². The second kappa shape index (κ2) is 2.81. The molecule has 12 heavy (non-hydrogen) atoms. The molecule has 0 atom stereocenters. The molecule has 0 aliphatic carbocycles. The maximum Gasteiger partial charge on any atom is 0.184 e. The number of anilines is 1. The Morgan fingerprint density at radius 3 is 2.42 bits per heavy atom. The Balaban J connectivity index is 3.14. The van der Waals surface area contributed by atoms with E-state index in [1.54, 1.807) is 18.2 Å². The minimum Gasteiger partial charge on any atom is -0.399 e. The molecule has 0 amide bonds. The van der Waals surface area contributed by atoms with Gasteiger partial charge in [-0.1, -0.05) is 12.1 Å². The first-order valence-electron chi connectivity index (χ1n) is 3.72. The van der Waals surface area contributed by atoms with Crippen LogP contribution in [-0.4, -0.2) is 18.1 Å². The van der Waals surface area contributed by atoms with Gasteiger partial charge in [0, 0.05) is 11.3 Å². The number of hydrogen-bond acceptors (Lipinski definition) is 3. The van der Waals surface area contributed by atoms with Crippen LogP contribution in [0.1, 0.15) is 11.1 Å². The molecule has 0 aliphatic heterocycles. The van der Waals surface area contributed by atoms with Gasteiger partial charge >= 0.3 is 0 Å². The van der Waals surface area contributed by atoms with Crippen LogP contribution in [-0.2, 0) is 5.69 Å². The molecule has 0 unspecified atom stereocenters. The molecule has 3 nitrogen and oxygen atoms in total. The van der Waals surface area contributed by atoms with Crippen LogP contribution in [0.25, 0.3) is 0 Å². The van der Waals surface area contributed by atoms with Gasteiger partial charge < -0.3 is 15.9 Å². The van der Waals surface area contributed by atoms with Crippen LogP contribution in [0, 0.1) is 6.92 Å². The fourth-order valence-electron chi connectivity index (χ4n) is 0.935. The lowest BCUT2D eigenvalue weighted by atomic mass is 9.87. The first-order valence-corrected chi connectivity index (χ1v) is 3.72. The predicted octanol–water partition coefficient (Wildman–Crippen LogP) is -0.695. The zero-order valence-electron chi connectivity index (χ0n) is 7.20. The number of nitrogens with two attached hydrogens (primary N) is 1. The molecule has 1 rings (SSSR count). The second-order valence-electron chi connectivity index (χ2n) is 3.09. The third kappa shape index (κ3) is 1.78. The average Bonchev–Trinajstić information content (AvgIpc) is 1.92. The number of aryl methyl sites for hydroxylation is 1. The summed E-state index contributed by atoms with van der Waals surface area (Å²) in [5.41, 5.74) is 5.70. The highest BCUT2D eigenvalue weighted by molar-refractivity contribution is 6.13. The third-order valence-electron chi connectivity index (χ3n) is 1.83. The van der Waals surface area contributed by atoms with Crippen LogP contribution in [0.15, 0.2) is 18.2 Å². The molecule has 0 aliphatic rings. The maximum atomic E-state index is 9.20. The van der Waals surface area contributed by atoms with Gasteiger partial charge in [0.05, 0.1) is 0 Å². The Bertz CT molecular complexity index is 294. The van der Waals surface area contributed by atoms with Gasteiger partial charge in [0.2, 0.25) is 0 Å². The molecule has 0 saturated heterocycles. The molecule has 0 bridgehead atoms. The van der Waals surface area contributed by atoms with Gasteiger partial charge in [0.15, 0.2) is 7.85 Å². The zero-order valence-corrected chi connectivity index (χ0v) is 7.20. The van der Waals surface area contributed by atoms with Gasteiger partial charge in [-0.15, -0.1) is 0 Å². The van der Waals surface area contributed by atoms with Crippen molar-refractivity contribution in [1.29, 1.82) is 0 Å². The van der Waals surface area contributed by atoms with E-state index in [4.69, 9.17) is 5.73 Å². The summed E-state index contributed by atoms with van der Waals surface area (Å²) in [6, 6.07) is 4.97. The van der Waals surface area contributed by atoms with Crippen molar-refractivity contribution in [3.05, 3.63) is 29.3 Å². The van der Waals surface area contributed by atoms with Gasteiger partial charge in [-0.05, 0) is 18.6 Å². The molecule has 64 valence electrons. The summed E-state index contributed by atoms with van der Waals surface area (Å²) < 4.78 is 0. The molecule has 0 spiro atoms. The normalized spacial score (nSPS) is 11.6. The van der Waals surface area contributed by atoms with Crippen LogP contribution in [0.5, 0.6) is 0 Å². The van der Waals surface area contributed by atoms with Crippen LogP contribution < -0.4 is 5.73 Å². The van der Waals surface area contributed by atoms with E-state index < -0.39 is 5.69 Å². The number of aliphatic hydroxyl groups is 2. The van der Waals surface area contributed by atoms with E-state index in [-0.39, 0.29) is 0 Å². The Morgan fingerprint density at radius 1 is 1.42 bits per heavy atom. The van der Waals surface area contributed by atoms with E-state index in [0.717, 1.165) is 5.56 Å². The monoisotopic (exact) mass is 165 g/mol. The van der Waals surface area contributed by atoms with E-state index >= 15 is 0 Å². The Kier molecular flexibility index (Phi) is 2.13. The topological polar surface area (TPSA) is 66.5 Å². The SMILES string of the molecule is BC(O)(O)c1ccc(C)c(N)c1. The minimum absolute atomic E-state index is 0.408. The van der Waals surface area contributed by atoms with Gasteiger partial charge in [-0.3, -0.25) is 0 Å². The number of rotatable bonds is 1. The Labute approximate surface area is 72.2 Å². The molecule has 0 aromatic heterocycles. The molecule has 1 aromatic carbocycles. The Morgan fingerprint density at radius 2 is 2.00 bits per heavy atom. The van der Waals surface area contributed by atoms with E-state index in [1.807, 2.05) is 6.92 Å². The first kappa shape index (κ1) is 9.10. The van der Waals surface area contributed by atoms with E-state index in [1.165, 1.54) is 7.85 Å². The molecular formula is C8H12BNO2. The van der Waals surface area contributed by atoms with Crippen molar-refractivity contribution in [1.82, 2.24) is 0 Å². The molecule has 0 radical (unpaired) electrons. The Hall–Kier alpha value is -0.995. The summed E-state index contributed by atoms with van der Waals surface area (Å²) in [5.74, 6) is 0. The summed E-state index contributed by atoms with van der Waals surface area (Å²) in [4.78, 5) is 0. The smallest absolute Gasteiger partial charge is 0.184 e. The number of nitrogen functional groups attached to an aromatic ring is 1. The second-order valence-corrected chi connectivity index (χ2v) is 3.09. The zero-order chi connectivity index (χ0) is 9.35.